The van der Waals surface area contributed by atoms with Crippen LogP contribution in [-0.2, 0) is 23.0 Å². The van der Waals surface area contributed by atoms with Crippen LogP contribution in [0.15, 0.2) is 48.7 Å². The molecule has 8 heteroatoms. The Kier molecular flexibility index (Phi) is 5.53. The van der Waals surface area contributed by atoms with Crippen molar-refractivity contribution in [3.63, 3.8) is 0 Å². The van der Waals surface area contributed by atoms with Crippen LogP contribution in [-0.4, -0.2) is 30.5 Å². The second-order valence-corrected chi connectivity index (χ2v) is 9.85. The largest absolute Gasteiger partial charge is 0.355 e. The van der Waals surface area contributed by atoms with Crippen molar-refractivity contribution < 1.29 is 12.8 Å². The number of hydrogen-bond acceptors (Lipinski definition) is 4. The van der Waals surface area contributed by atoms with E-state index in [0.717, 1.165) is 28.1 Å². The minimum atomic E-state index is -3.23. The summed E-state index contributed by atoms with van der Waals surface area (Å²) in [7, 11) is -3.23. The van der Waals surface area contributed by atoms with Crippen LogP contribution in [0.4, 0.5) is 15.8 Å². The monoisotopic (exact) mass is 445 g/mol. The third kappa shape index (κ3) is 4.19. The quantitative estimate of drug-likeness (QED) is 0.619. The molecule has 0 saturated carbocycles. The molecule has 0 fully saturated rings. The third-order valence-corrected chi connectivity index (χ3v) is 6.74. The van der Waals surface area contributed by atoms with Gasteiger partial charge in [0.2, 0.25) is 10.0 Å². The summed E-state index contributed by atoms with van der Waals surface area (Å²) in [5.74, 6) is -0.472. The molecule has 0 radical (unpaired) electrons. The molecule has 0 bridgehead atoms. The normalized spacial score (nSPS) is 14.4. The third-order valence-electron chi connectivity index (χ3n) is 5.28. The second kappa shape index (κ2) is 7.98. The first-order valence-corrected chi connectivity index (χ1v) is 11.7. The Labute approximate surface area is 180 Å². The molecule has 1 aromatic heterocycles. The maximum Gasteiger partial charge on any atom is 0.211 e. The molecule has 156 valence electrons. The van der Waals surface area contributed by atoms with Gasteiger partial charge in [0.15, 0.2) is 5.82 Å². The van der Waals surface area contributed by atoms with Crippen molar-refractivity contribution in [3.8, 4) is 11.3 Å². The van der Waals surface area contributed by atoms with Gasteiger partial charge in [0.1, 0.15) is 5.69 Å². The number of pyridine rings is 1. The molecule has 3 aromatic rings. The summed E-state index contributed by atoms with van der Waals surface area (Å²) in [6.07, 6.45) is 3.29. The van der Waals surface area contributed by atoms with Gasteiger partial charge < -0.3 is 5.32 Å². The van der Waals surface area contributed by atoms with Crippen molar-refractivity contribution in [1.29, 1.82) is 0 Å². The maximum absolute atomic E-state index is 14.4. The van der Waals surface area contributed by atoms with E-state index in [1.165, 1.54) is 22.8 Å². The summed E-state index contributed by atoms with van der Waals surface area (Å²) >= 11 is 5.83. The van der Waals surface area contributed by atoms with Crippen LogP contribution >= 0.6 is 11.6 Å². The SMILES string of the molecule is Cc1ccc(Nc2cccc3c2CCN(S(C)(=O)=O)C3)cc1-c1ncc(Cl)cc1F. The summed E-state index contributed by atoms with van der Waals surface area (Å²) in [5, 5.41) is 3.66. The van der Waals surface area contributed by atoms with Gasteiger partial charge in [-0.05, 0) is 54.3 Å². The number of aromatic nitrogens is 1. The van der Waals surface area contributed by atoms with Gasteiger partial charge in [-0.3, -0.25) is 4.98 Å². The molecule has 5 nitrogen and oxygen atoms in total. The van der Waals surface area contributed by atoms with E-state index in [0.29, 0.717) is 25.1 Å². The molecule has 0 atom stereocenters. The molecule has 2 heterocycles. The minimum absolute atomic E-state index is 0.249. The topological polar surface area (TPSA) is 62.3 Å². The van der Waals surface area contributed by atoms with Crippen molar-refractivity contribution in [2.75, 3.05) is 18.1 Å². The van der Waals surface area contributed by atoms with E-state index >= 15 is 0 Å². The van der Waals surface area contributed by atoms with Crippen molar-refractivity contribution in [2.24, 2.45) is 0 Å². The lowest BCUT2D eigenvalue weighted by Gasteiger charge is -2.28. The van der Waals surface area contributed by atoms with Gasteiger partial charge in [-0.1, -0.05) is 29.8 Å². The number of nitrogens with one attached hydrogen (secondary N) is 1. The fraction of sp³-hybridized carbons (Fsp3) is 0.227. The number of aryl methyl sites for hydroxylation is 1. The Bertz CT molecular complexity index is 1230. The van der Waals surface area contributed by atoms with Gasteiger partial charge >= 0.3 is 0 Å². The molecule has 0 unspecified atom stereocenters. The average molecular weight is 446 g/mol. The molecule has 0 aliphatic carbocycles. The Morgan fingerprint density at radius 2 is 2.00 bits per heavy atom. The van der Waals surface area contributed by atoms with Gasteiger partial charge in [0.25, 0.3) is 0 Å². The van der Waals surface area contributed by atoms with Crippen LogP contribution in [0.2, 0.25) is 5.02 Å². The predicted octanol–water partition coefficient (Wildman–Crippen LogP) is 4.91. The number of fused-ring (bicyclic) bond motifs is 1. The molecular formula is C22H21ClFN3O2S. The number of rotatable bonds is 4. The van der Waals surface area contributed by atoms with E-state index < -0.39 is 15.8 Å². The maximum atomic E-state index is 14.4. The first-order valence-electron chi connectivity index (χ1n) is 9.47. The first-order chi connectivity index (χ1) is 14.2. The van der Waals surface area contributed by atoms with E-state index in [-0.39, 0.29) is 10.7 Å². The molecular weight excluding hydrogens is 425 g/mol. The predicted molar refractivity (Wildman–Crippen MR) is 118 cm³/mol. The number of sulfonamides is 1. The highest BCUT2D eigenvalue weighted by atomic mass is 35.5. The molecule has 4 rings (SSSR count). The van der Waals surface area contributed by atoms with E-state index in [9.17, 15) is 12.8 Å². The number of hydrogen-bond donors (Lipinski definition) is 1. The van der Waals surface area contributed by atoms with Gasteiger partial charge in [0.05, 0.1) is 11.3 Å². The molecule has 1 N–H and O–H groups in total. The Hall–Kier alpha value is -2.48. The zero-order chi connectivity index (χ0) is 21.5. The molecule has 0 amide bonds. The van der Waals surface area contributed by atoms with Crippen LogP contribution in [0.25, 0.3) is 11.3 Å². The minimum Gasteiger partial charge on any atom is -0.355 e. The summed E-state index contributed by atoms with van der Waals surface area (Å²) in [4.78, 5) is 4.16. The van der Waals surface area contributed by atoms with Crippen LogP contribution in [0.1, 0.15) is 16.7 Å². The van der Waals surface area contributed by atoms with Gasteiger partial charge in [-0.2, -0.15) is 4.31 Å². The van der Waals surface area contributed by atoms with E-state index in [1.807, 2.05) is 43.3 Å². The van der Waals surface area contributed by atoms with Crippen molar-refractivity contribution in [3.05, 3.63) is 76.2 Å². The zero-order valence-corrected chi connectivity index (χ0v) is 18.2. The zero-order valence-electron chi connectivity index (χ0n) is 16.6. The lowest BCUT2D eigenvalue weighted by Crippen LogP contribution is -2.35. The highest BCUT2D eigenvalue weighted by Gasteiger charge is 2.24. The standard InChI is InChI=1S/C22H21ClFN3O2S/c1-14-6-7-17(11-19(14)22-20(24)10-16(23)12-25-22)26-21-5-3-4-15-13-27(30(2,28)29)9-8-18(15)21/h3-7,10-12,26H,8-9,13H2,1-2H3. The highest BCUT2D eigenvalue weighted by molar-refractivity contribution is 7.88. The van der Waals surface area contributed by atoms with Crippen LogP contribution in [0.3, 0.4) is 0 Å². The first kappa shape index (κ1) is 20.8. The fourth-order valence-corrected chi connectivity index (χ4v) is 4.65. The van der Waals surface area contributed by atoms with Crippen molar-refractivity contribution in [1.82, 2.24) is 9.29 Å². The molecule has 0 saturated heterocycles. The lowest BCUT2D eigenvalue weighted by molar-refractivity contribution is 0.395. The molecule has 2 aromatic carbocycles. The highest BCUT2D eigenvalue weighted by Crippen LogP contribution is 2.32. The number of halogens is 2. The van der Waals surface area contributed by atoms with Crippen molar-refractivity contribution >= 4 is 33.0 Å². The smallest absolute Gasteiger partial charge is 0.211 e. The van der Waals surface area contributed by atoms with E-state index in [2.05, 4.69) is 10.3 Å². The molecule has 30 heavy (non-hydrogen) atoms. The molecule has 0 spiro atoms. The summed E-state index contributed by atoms with van der Waals surface area (Å²) in [6.45, 7) is 2.71. The number of nitrogens with zero attached hydrogens (tertiary/aromatic N) is 2. The summed E-state index contributed by atoms with van der Waals surface area (Å²) in [5.41, 5.74) is 5.62. The van der Waals surface area contributed by atoms with Gasteiger partial charge in [-0.15, -0.1) is 0 Å². The van der Waals surface area contributed by atoms with Crippen LogP contribution in [0, 0.1) is 12.7 Å². The average Bonchev–Trinajstić information content (AvgIpc) is 2.69. The molecule has 1 aliphatic rings. The van der Waals surface area contributed by atoms with Crippen LogP contribution < -0.4 is 5.32 Å². The number of anilines is 2. The Balaban J connectivity index is 1.67. The van der Waals surface area contributed by atoms with Gasteiger partial charge in [0, 0.05) is 36.2 Å². The van der Waals surface area contributed by atoms with Gasteiger partial charge in [-0.25, -0.2) is 12.8 Å². The van der Waals surface area contributed by atoms with E-state index in [4.69, 9.17) is 11.6 Å². The van der Waals surface area contributed by atoms with Crippen LogP contribution in [0.5, 0.6) is 0 Å². The summed E-state index contributed by atoms with van der Waals surface area (Å²) < 4.78 is 39.7. The Morgan fingerprint density at radius 1 is 1.20 bits per heavy atom. The fourth-order valence-electron chi connectivity index (χ4n) is 3.71. The number of benzene rings is 2. The van der Waals surface area contributed by atoms with Crippen molar-refractivity contribution in [2.45, 2.75) is 19.9 Å². The summed E-state index contributed by atoms with van der Waals surface area (Å²) in [6, 6.07) is 12.8. The lowest BCUT2D eigenvalue weighted by atomic mass is 9.98. The molecule has 1 aliphatic heterocycles. The Morgan fingerprint density at radius 3 is 2.73 bits per heavy atom. The van der Waals surface area contributed by atoms with E-state index in [1.54, 1.807) is 0 Å². The second-order valence-electron chi connectivity index (χ2n) is 7.43.